The number of carbonyl (C=O) groups excluding carboxylic acids is 1. The van der Waals surface area contributed by atoms with Gasteiger partial charge in [0, 0.05) is 0 Å². The summed E-state index contributed by atoms with van der Waals surface area (Å²) in [7, 11) is 0. The molecule has 1 aromatic rings. The molecule has 0 unspecified atom stereocenters. The van der Waals surface area contributed by atoms with Crippen molar-refractivity contribution in [2.45, 2.75) is 0 Å². The van der Waals surface area contributed by atoms with E-state index in [9.17, 15) is 4.79 Å². The summed E-state index contributed by atoms with van der Waals surface area (Å²) in [4.78, 5) is 11.3. The van der Waals surface area contributed by atoms with Crippen LogP contribution in [0.5, 0.6) is 0 Å². The fourth-order valence-corrected chi connectivity index (χ4v) is 1.82. The Kier molecular flexibility index (Phi) is 2.21. The molecule has 13 heavy (non-hydrogen) atoms. The van der Waals surface area contributed by atoms with Crippen LogP contribution in [-0.2, 0) is 9.53 Å². The van der Waals surface area contributed by atoms with Crippen molar-refractivity contribution in [2.24, 2.45) is 0 Å². The second kappa shape index (κ2) is 3.36. The van der Waals surface area contributed by atoms with E-state index in [0.29, 0.717) is 12.2 Å². The maximum atomic E-state index is 11.3. The molecule has 1 aliphatic rings. The van der Waals surface area contributed by atoms with Gasteiger partial charge in [0.2, 0.25) is 0 Å². The van der Waals surface area contributed by atoms with Gasteiger partial charge in [0.25, 0.3) is 0 Å². The summed E-state index contributed by atoms with van der Waals surface area (Å²) in [6.07, 6.45) is 0. The molecule has 3 heteroatoms. The molecule has 0 atom stereocenters. The van der Waals surface area contributed by atoms with Crippen molar-refractivity contribution < 1.29 is 9.53 Å². The third-order valence-corrected chi connectivity index (χ3v) is 2.56. The van der Waals surface area contributed by atoms with Gasteiger partial charge in [-0.3, -0.25) is 0 Å². The van der Waals surface area contributed by atoms with E-state index in [1.165, 1.54) is 0 Å². The number of cyclic esters (lactones) is 1. The Bertz CT molecular complexity index is 368. The molecule has 0 aromatic heterocycles. The number of benzene rings is 1. The molecule has 0 amide bonds. The van der Waals surface area contributed by atoms with Crippen LogP contribution in [-0.4, -0.2) is 28.6 Å². The topological polar surface area (TPSA) is 26.3 Å². The van der Waals surface area contributed by atoms with E-state index in [2.05, 4.69) is 16.0 Å². The second-order valence-corrected chi connectivity index (χ2v) is 3.77. The molecule has 2 rings (SSSR count). The molecule has 0 spiro atoms. The zero-order valence-electron chi connectivity index (χ0n) is 6.82. The van der Waals surface area contributed by atoms with Crippen LogP contribution in [0.1, 0.15) is 5.56 Å². The van der Waals surface area contributed by atoms with Crippen molar-refractivity contribution in [2.75, 3.05) is 6.61 Å². The van der Waals surface area contributed by atoms with E-state index >= 15 is 0 Å². The number of esters is 1. The molecule has 0 saturated carbocycles. The molecule has 0 aliphatic carbocycles. The van der Waals surface area contributed by atoms with Crippen LogP contribution >= 0.6 is 0 Å². The van der Waals surface area contributed by atoms with Gasteiger partial charge in [-0.25, -0.2) is 0 Å². The molecular weight excluding hydrogens is 231 g/mol. The van der Waals surface area contributed by atoms with Gasteiger partial charge in [-0.2, -0.15) is 0 Å². The Morgan fingerprint density at radius 1 is 1.23 bits per heavy atom. The van der Waals surface area contributed by atoms with Gasteiger partial charge in [-0.15, -0.1) is 0 Å². The minimum atomic E-state index is -0.236. The summed E-state index contributed by atoms with van der Waals surface area (Å²) in [5, 5.41) is 0. The number of carbonyl (C=O) groups is 1. The third kappa shape index (κ3) is 1.53. The maximum absolute atomic E-state index is 11.3. The Labute approximate surface area is 84.4 Å². The first-order valence-corrected chi connectivity index (χ1v) is 4.77. The molecule has 0 fully saturated rings. The van der Waals surface area contributed by atoms with Crippen LogP contribution < -0.4 is 0 Å². The molecule has 1 aromatic carbocycles. The Morgan fingerprint density at radius 3 is 2.46 bits per heavy atom. The SMILES string of the molecule is O=C1OCC([Se])=C1c1ccccc1. The van der Waals surface area contributed by atoms with Crippen LogP contribution in [0.15, 0.2) is 34.8 Å². The van der Waals surface area contributed by atoms with Gasteiger partial charge in [-0.1, -0.05) is 0 Å². The summed E-state index contributed by atoms with van der Waals surface area (Å²) < 4.78 is 5.77. The Morgan fingerprint density at radius 2 is 1.92 bits per heavy atom. The Hall–Kier alpha value is -1.05. The first-order valence-electron chi connectivity index (χ1n) is 3.92. The predicted octanol–water partition coefficient (Wildman–Crippen LogP) is 1.12. The molecule has 2 nitrogen and oxygen atoms in total. The molecule has 0 N–H and O–H groups in total. The standard InChI is InChI=1S/C10H7O2Se/c11-10-9(8(13)6-12-10)7-4-2-1-3-5-7/h1-5H,6H2. The molecular formula is C10H7O2Se. The third-order valence-electron chi connectivity index (χ3n) is 1.88. The number of hydrogen-bond donors (Lipinski definition) is 0. The average Bonchev–Trinajstić information content (AvgIpc) is 2.48. The fraction of sp³-hybridized carbons (Fsp3) is 0.100. The summed E-state index contributed by atoms with van der Waals surface area (Å²) in [5.74, 6) is -0.236. The summed E-state index contributed by atoms with van der Waals surface area (Å²) >= 11 is 2.85. The van der Waals surface area contributed by atoms with Gasteiger partial charge >= 0.3 is 84.1 Å². The normalized spacial score (nSPS) is 16.2. The van der Waals surface area contributed by atoms with Crippen molar-refractivity contribution >= 4 is 27.6 Å². The Balaban J connectivity index is 2.47. The van der Waals surface area contributed by atoms with Gasteiger partial charge in [-0.05, 0) is 0 Å². The molecule has 1 radical (unpaired) electrons. The van der Waals surface area contributed by atoms with Crippen LogP contribution in [0.3, 0.4) is 0 Å². The zero-order chi connectivity index (χ0) is 9.26. The monoisotopic (exact) mass is 239 g/mol. The predicted molar refractivity (Wildman–Crippen MR) is 50.1 cm³/mol. The molecule has 0 saturated heterocycles. The first kappa shape index (κ1) is 8.54. The molecule has 1 heterocycles. The van der Waals surface area contributed by atoms with Crippen molar-refractivity contribution in [1.29, 1.82) is 0 Å². The number of hydrogen-bond acceptors (Lipinski definition) is 2. The van der Waals surface area contributed by atoms with Crippen molar-refractivity contribution in [3.63, 3.8) is 0 Å². The number of rotatable bonds is 1. The average molecular weight is 238 g/mol. The van der Waals surface area contributed by atoms with Crippen molar-refractivity contribution in [3.8, 4) is 0 Å². The van der Waals surface area contributed by atoms with Crippen LogP contribution in [0, 0.1) is 0 Å². The van der Waals surface area contributed by atoms with E-state index < -0.39 is 0 Å². The van der Waals surface area contributed by atoms with Gasteiger partial charge in [0.15, 0.2) is 0 Å². The summed E-state index contributed by atoms with van der Waals surface area (Å²) in [6, 6.07) is 9.53. The van der Waals surface area contributed by atoms with Crippen molar-refractivity contribution in [1.82, 2.24) is 0 Å². The molecule has 0 bridgehead atoms. The first-order chi connectivity index (χ1) is 6.29. The van der Waals surface area contributed by atoms with Gasteiger partial charge in [0.05, 0.1) is 0 Å². The van der Waals surface area contributed by atoms with E-state index in [-0.39, 0.29) is 5.97 Å². The van der Waals surface area contributed by atoms with Crippen LogP contribution in [0.25, 0.3) is 5.57 Å². The summed E-state index contributed by atoms with van der Waals surface area (Å²) in [6.45, 7) is 0.378. The number of ether oxygens (including phenoxy) is 1. The zero-order valence-corrected chi connectivity index (χ0v) is 8.53. The van der Waals surface area contributed by atoms with Crippen LogP contribution in [0.2, 0.25) is 0 Å². The van der Waals surface area contributed by atoms with E-state index in [1.807, 2.05) is 30.3 Å². The van der Waals surface area contributed by atoms with E-state index in [4.69, 9.17) is 4.74 Å². The fourth-order valence-electron chi connectivity index (χ4n) is 1.27. The minimum absolute atomic E-state index is 0.236. The van der Waals surface area contributed by atoms with Gasteiger partial charge in [0.1, 0.15) is 0 Å². The molecule has 65 valence electrons. The van der Waals surface area contributed by atoms with Crippen LogP contribution in [0.4, 0.5) is 0 Å². The van der Waals surface area contributed by atoms with Crippen molar-refractivity contribution in [3.05, 3.63) is 40.4 Å². The quantitative estimate of drug-likeness (QED) is 0.541. The second-order valence-electron chi connectivity index (χ2n) is 2.74. The van der Waals surface area contributed by atoms with E-state index in [1.54, 1.807) is 0 Å². The van der Waals surface area contributed by atoms with Gasteiger partial charge < -0.3 is 0 Å². The van der Waals surface area contributed by atoms with E-state index in [0.717, 1.165) is 10.0 Å². The molecule has 1 aliphatic heterocycles. The summed E-state index contributed by atoms with van der Waals surface area (Å²) in [5.41, 5.74) is 1.58.